The summed E-state index contributed by atoms with van der Waals surface area (Å²) in [6.45, 7) is 12.3. The fourth-order valence-corrected chi connectivity index (χ4v) is 3.79. The Labute approximate surface area is 188 Å². The van der Waals surface area contributed by atoms with Crippen molar-refractivity contribution in [2.24, 2.45) is 16.8 Å². The topological polar surface area (TPSA) is 42.9 Å². The van der Waals surface area contributed by atoms with Gasteiger partial charge >= 0.3 is 0 Å². The maximum absolute atomic E-state index is 5.85. The van der Waals surface area contributed by atoms with Gasteiger partial charge in [-0.15, -0.1) is 0 Å². The lowest BCUT2D eigenvalue weighted by Gasteiger charge is -2.21. The number of fused-ring (bicyclic) bond motifs is 1. The van der Waals surface area contributed by atoms with E-state index >= 15 is 0 Å². The Morgan fingerprint density at radius 3 is 2.45 bits per heavy atom. The standard InChI is InChI=1S/C27H38N2O2/c1-20(2)25(13-11-23-12-14-26-27(17-23)31-16-8-15-30-26)29-22(4)21(3)18-28-19-24-9-6-5-7-10-24/h5-7,9-10,12,14,17,20-21,25,28H,8,11,13,15-16,18-19H2,1-4H3. The molecule has 2 aromatic carbocycles. The minimum absolute atomic E-state index is 0.326. The van der Waals surface area contributed by atoms with E-state index in [0.717, 1.165) is 57.1 Å². The van der Waals surface area contributed by atoms with Crippen molar-refractivity contribution in [1.29, 1.82) is 0 Å². The van der Waals surface area contributed by atoms with Crippen molar-refractivity contribution in [3.05, 3.63) is 59.7 Å². The quantitative estimate of drug-likeness (QED) is 0.500. The molecule has 0 fully saturated rings. The first kappa shape index (κ1) is 23.3. The van der Waals surface area contributed by atoms with Crippen molar-refractivity contribution in [3.63, 3.8) is 0 Å². The third-order valence-corrected chi connectivity index (χ3v) is 6.02. The van der Waals surface area contributed by atoms with Gasteiger partial charge < -0.3 is 14.8 Å². The predicted octanol–water partition coefficient (Wildman–Crippen LogP) is 5.69. The van der Waals surface area contributed by atoms with E-state index < -0.39 is 0 Å². The van der Waals surface area contributed by atoms with E-state index in [9.17, 15) is 0 Å². The lowest BCUT2D eigenvalue weighted by atomic mass is 9.96. The van der Waals surface area contributed by atoms with Crippen molar-refractivity contribution >= 4 is 5.71 Å². The van der Waals surface area contributed by atoms with E-state index in [1.807, 2.05) is 0 Å². The van der Waals surface area contributed by atoms with Gasteiger partial charge in [-0.2, -0.15) is 0 Å². The summed E-state index contributed by atoms with van der Waals surface area (Å²) in [5, 5.41) is 3.57. The maximum atomic E-state index is 5.85. The minimum Gasteiger partial charge on any atom is -0.490 e. The van der Waals surface area contributed by atoms with Gasteiger partial charge in [0.1, 0.15) is 0 Å². The molecule has 168 valence electrons. The summed E-state index contributed by atoms with van der Waals surface area (Å²) >= 11 is 0. The number of aliphatic imine (C=N–C) groups is 1. The van der Waals surface area contributed by atoms with Gasteiger partial charge in [-0.3, -0.25) is 4.99 Å². The van der Waals surface area contributed by atoms with Crippen LogP contribution in [0.1, 0.15) is 51.7 Å². The molecule has 4 heteroatoms. The molecule has 3 rings (SSSR count). The molecule has 1 N–H and O–H groups in total. The zero-order chi connectivity index (χ0) is 22.1. The van der Waals surface area contributed by atoms with Crippen LogP contribution in [0.4, 0.5) is 0 Å². The van der Waals surface area contributed by atoms with Gasteiger partial charge in [0.05, 0.1) is 19.3 Å². The number of rotatable bonds is 10. The van der Waals surface area contributed by atoms with Gasteiger partial charge in [0.25, 0.3) is 0 Å². The van der Waals surface area contributed by atoms with E-state index in [1.54, 1.807) is 0 Å². The monoisotopic (exact) mass is 422 g/mol. The highest BCUT2D eigenvalue weighted by Crippen LogP contribution is 2.31. The second-order valence-electron chi connectivity index (χ2n) is 8.97. The molecule has 0 amide bonds. The summed E-state index contributed by atoms with van der Waals surface area (Å²) in [7, 11) is 0. The molecule has 4 nitrogen and oxygen atoms in total. The zero-order valence-corrected chi connectivity index (χ0v) is 19.6. The molecule has 1 aliphatic rings. The molecule has 2 unspecified atom stereocenters. The molecule has 0 saturated carbocycles. The number of hydrogen-bond donors (Lipinski definition) is 1. The number of nitrogens with one attached hydrogen (secondary N) is 1. The molecule has 0 aromatic heterocycles. The Balaban J connectivity index is 1.53. The van der Waals surface area contributed by atoms with Crippen molar-refractivity contribution in [1.82, 2.24) is 5.32 Å². The Morgan fingerprint density at radius 1 is 0.968 bits per heavy atom. The molecule has 0 aliphatic carbocycles. The Kier molecular flexibility index (Phi) is 8.96. The normalized spacial score (nSPS) is 16.1. The second-order valence-corrected chi connectivity index (χ2v) is 8.97. The highest BCUT2D eigenvalue weighted by Gasteiger charge is 2.16. The van der Waals surface area contributed by atoms with Crippen LogP contribution in [-0.2, 0) is 13.0 Å². The fraction of sp³-hybridized carbons (Fsp3) is 0.519. The van der Waals surface area contributed by atoms with Crippen LogP contribution in [0.5, 0.6) is 11.5 Å². The summed E-state index contributed by atoms with van der Waals surface area (Å²) in [6, 6.07) is 17.2. The van der Waals surface area contributed by atoms with Crippen molar-refractivity contribution < 1.29 is 9.47 Å². The lowest BCUT2D eigenvalue weighted by Crippen LogP contribution is -2.27. The molecule has 0 bridgehead atoms. The summed E-state index contributed by atoms with van der Waals surface area (Å²) in [6.07, 6.45) is 2.97. The van der Waals surface area contributed by atoms with Crippen molar-refractivity contribution in [2.45, 2.75) is 59.5 Å². The first-order valence-corrected chi connectivity index (χ1v) is 11.7. The maximum Gasteiger partial charge on any atom is 0.161 e. The molecular formula is C27H38N2O2. The van der Waals surface area contributed by atoms with E-state index in [2.05, 4.69) is 81.5 Å². The number of aryl methyl sites for hydroxylation is 1. The van der Waals surface area contributed by atoms with Crippen LogP contribution >= 0.6 is 0 Å². The molecule has 1 aliphatic heterocycles. The largest absolute Gasteiger partial charge is 0.490 e. The van der Waals surface area contributed by atoms with Crippen LogP contribution in [0.2, 0.25) is 0 Å². The molecular weight excluding hydrogens is 384 g/mol. The SMILES string of the molecule is CC(=NC(CCc1ccc2c(c1)OCCCO2)C(C)C)C(C)CNCc1ccccc1. The van der Waals surface area contributed by atoms with E-state index in [4.69, 9.17) is 14.5 Å². The third kappa shape index (κ3) is 7.39. The van der Waals surface area contributed by atoms with E-state index in [-0.39, 0.29) is 0 Å². The highest BCUT2D eigenvalue weighted by molar-refractivity contribution is 5.84. The number of benzene rings is 2. The number of nitrogens with zero attached hydrogens (tertiary/aromatic N) is 1. The van der Waals surface area contributed by atoms with Crippen LogP contribution in [0.3, 0.4) is 0 Å². The van der Waals surface area contributed by atoms with Gasteiger partial charge in [0, 0.05) is 31.1 Å². The van der Waals surface area contributed by atoms with E-state index in [0.29, 0.717) is 17.9 Å². The first-order chi connectivity index (χ1) is 15.0. The highest BCUT2D eigenvalue weighted by atomic mass is 16.5. The van der Waals surface area contributed by atoms with Crippen LogP contribution in [0.15, 0.2) is 53.5 Å². The Hall–Kier alpha value is -2.33. The second kappa shape index (κ2) is 11.9. The number of hydrogen-bond acceptors (Lipinski definition) is 4. The van der Waals surface area contributed by atoms with Gasteiger partial charge in [0.2, 0.25) is 0 Å². The average Bonchev–Trinajstić information content (AvgIpc) is 3.02. The van der Waals surface area contributed by atoms with Crippen LogP contribution < -0.4 is 14.8 Å². The van der Waals surface area contributed by atoms with Crippen molar-refractivity contribution in [3.8, 4) is 11.5 Å². The molecule has 0 saturated heterocycles. The van der Waals surface area contributed by atoms with E-state index in [1.165, 1.54) is 16.8 Å². The van der Waals surface area contributed by atoms with Gasteiger partial charge in [-0.1, -0.05) is 57.2 Å². The van der Waals surface area contributed by atoms with Gasteiger partial charge in [0.15, 0.2) is 11.5 Å². The van der Waals surface area contributed by atoms with Crippen molar-refractivity contribution in [2.75, 3.05) is 19.8 Å². The molecule has 2 atom stereocenters. The summed E-state index contributed by atoms with van der Waals surface area (Å²) < 4.78 is 11.6. The van der Waals surface area contributed by atoms with Gasteiger partial charge in [-0.05, 0) is 48.9 Å². The zero-order valence-electron chi connectivity index (χ0n) is 19.6. The predicted molar refractivity (Wildman–Crippen MR) is 129 cm³/mol. The molecule has 0 radical (unpaired) electrons. The summed E-state index contributed by atoms with van der Waals surface area (Å²) in [4.78, 5) is 5.14. The van der Waals surface area contributed by atoms with Gasteiger partial charge in [-0.25, -0.2) is 0 Å². The smallest absolute Gasteiger partial charge is 0.161 e. The summed E-state index contributed by atoms with van der Waals surface area (Å²) in [5.74, 6) is 2.68. The molecule has 0 spiro atoms. The van der Waals surface area contributed by atoms with Crippen LogP contribution in [0, 0.1) is 11.8 Å². The fourth-order valence-electron chi connectivity index (χ4n) is 3.79. The molecule has 31 heavy (non-hydrogen) atoms. The lowest BCUT2D eigenvalue weighted by molar-refractivity contribution is 0.297. The molecule has 1 heterocycles. The van der Waals surface area contributed by atoms with Crippen LogP contribution in [-0.4, -0.2) is 31.5 Å². The summed E-state index contributed by atoms with van der Waals surface area (Å²) in [5.41, 5.74) is 3.85. The van der Waals surface area contributed by atoms with Crippen LogP contribution in [0.25, 0.3) is 0 Å². The Bertz CT molecular complexity index is 832. The first-order valence-electron chi connectivity index (χ1n) is 11.7. The number of ether oxygens (including phenoxy) is 2. The third-order valence-electron chi connectivity index (χ3n) is 6.02. The Morgan fingerprint density at radius 2 is 1.71 bits per heavy atom. The minimum atomic E-state index is 0.326. The molecule has 2 aromatic rings. The average molecular weight is 423 g/mol.